The molecule has 2 unspecified atom stereocenters. The number of hydrogen-bond acceptors (Lipinski definition) is 1. The lowest BCUT2D eigenvalue weighted by Gasteiger charge is -2.31. The molecule has 0 aliphatic heterocycles. The van der Waals surface area contributed by atoms with Gasteiger partial charge < -0.3 is 5.11 Å². The van der Waals surface area contributed by atoms with Crippen LogP contribution in [0.4, 0.5) is 0 Å². The van der Waals surface area contributed by atoms with E-state index >= 15 is 0 Å². The number of phenolic OH excluding ortho intramolecular Hbond substituents is 1. The van der Waals surface area contributed by atoms with Crippen LogP contribution in [0.1, 0.15) is 91.5 Å². The molecule has 0 aromatic heterocycles. The van der Waals surface area contributed by atoms with E-state index in [9.17, 15) is 5.11 Å². The summed E-state index contributed by atoms with van der Waals surface area (Å²) >= 11 is 0. The SMILES string of the molecule is CC(c1ccccc1)c1ccc(O)c(C2CCCCC2)c1C(C)c1ccccc1. The summed E-state index contributed by atoms with van der Waals surface area (Å²) in [6, 6.07) is 25.6. The van der Waals surface area contributed by atoms with Crippen LogP contribution in [0.25, 0.3) is 0 Å². The molecule has 0 bridgehead atoms. The number of benzene rings is 3. The fourth-order valence-corrected chi connectivity index (χ4v) is 5.15. The number of hydrogen-bond donors (Lipinski definition) is 1. The number of phenols is 1. The smallest absolute Gasteiger partial charge is 0.119 e. The minimum absolute atomic E-state index is 0.251. The molecule has 1 fully saturated rings. The summed E-state index contributed by atoms with van der Waals surface area (Å²) in [6.45, 7) is 4.60. The van der Waals surface area contributed by atoms with E-state index in [-0.39, 0.29) is 5.92 Å². The topological polar surface area (TPSA) is 20.2 Å². The maximum atomic E-state index is 11.0. The van der Waals surface area contributed by atoms with E-state index in [2.05, 4.69) is 80.6 Å². The van der Waals surface area contributed by atoms with Gasteiger partial charge in [-0.3, -0.25) is 0 Å². The molecular weight excluding hydrogens is 352 g/mol. The molecule has 1 aliphatic carbocycles. The molecule has 0 spiro atoms. The van der Waals surface area contributed by atoms with Crippen LogP contribution in [0, 0.1) is 0 Å². The van der Waals surface area contributed by atoms with Crippen LogP contribution >= 0.6 is 0 Å². The lowest BCUT2D eigenvalue weighted by molar-refractivity contribution is 0.410. The van der Waals surface area contributed by atoms with Gasteiger partial charge >= 0.3 is 0 Å². The molecule has 2 atom stereocenters. The highest BCUT2D eigenvalue weighted by atomic mass is 16.3. The van der Waals surface area contributed by atoms with E-state index in [1.54, 1.807) is 0 Å². The molecule has 150 valence electrons. The van der Waals surface area contributed by atoms with Crippen LogP contribution in [0.3, 0.4) is 0 Å². The van der Waals surface area contributed by atoms with Crippen molar-refractivity contribution in [1.29, 1.82) is 0 Å². The molecule has 1 heteroatoms. The Morgan fingerprint density at radius 1 is 0.690 bits per heavy atom. The zero-order valence-corrected chi connectivity index (χ0v) is 17.6. The fraction of sp³-hybridized carbons (Fsp3) is 0.357. The predicted molar refractivity (Wildman–Crippen MR) is 122 cm³/mol. The van der Waals surface area contributed by atoms with Crippen molar-refractivity contribution in [1.82, 2.24) is 0 Å². The molecule has 29 heavy (non-hydrogen) atoms. The van der Waals surface area contributed by atoms with Crippen LogP contribution in [0.15, 0.2) is 72.8 Å². The average molecular weight is 385 g/mol. The summed E-state index contributed by atoms with van der Waals surface area (Å²) < 4.78 is 0. The van der Waals surface area contributed by atoms with Gasteiger partial charge in [-0.25, -0.2) is 0 Å². The number of rotatable bonds is 5. The largest absolute Gasteiger partial charge is 0.508 e. The third kappa shape index (κ3) is 4.10. The summed E-state index contributed by atoms with van der Waals surface area (Å²) in [6.07, 6.45) is 6.22. The first-order valence-corrected chi connectivity index (χ1v) is 11.1. The van der Waals surface area contributed by atoms with Crippen molar-refractivity contribution in [2.24, 2.45) is 0 Å². The van der Waals surface area contributed by atoms with E-state index in [1.165, 1.54) is 59.9 Å². The van der Waals surface area contributed by atoms with Gasteiger partial charge in [0.05, 0.1) is 0 Å². The summed E-state index contributed by atoms with van der Waals surface area (Å²) in [5.41, 5.74) is 6.55. The second kappa shape index (κ2) is 8.86. The zero-order valence-electron chi connectivity index (χ0n) is 17.6. The van der Waals surface area contributed by atoms with E-state index in [0.717, 1.165) is 0 Å². The van der Waals surface area contributed by atoms with Crippen molar-refractivity contribution in [3.63, 3.8) is 0 Å². The van der Waals surface area contributed by atoms with E-state index in [1.807, 2.05) is 6.07 Å². The van der Waals surface area contributed by atoms with Crippen molar-refractivity contribution in [2.75, 3.05) is 0 Å². The van der Waals surface area contributed by atoms with Crippen LogP contribution in [0.5, 0.6) is 5.75 Å². The first-order chi connectivity index (χ1) is 14.2. The third-order valence-corrected chi connectivity index (χ3v) is 6.81. The van der Waals surface area contributed by atoms with E-state index in [0.29, 0.717) is 17.6 Å². The van der Waals surface area contributed by atoms with Crippen molar-refractivity contribution in [2.45, 2.75) is 63.7 Å². The molecule has 1 nitrogen and oxygen atoms in total. The van der Waals surface area contributed by atoms with Crippen molar-refractivity contribution >= 4 is 0 Å². The summed E-state index contributed by atoms with van der Waals surface area (Å²) in [7, 11) is 0. The van der Waals surface area contributed by atoms with Gasteiger partial charge in [0.25, 0.3) is 0 Å². The second-order valence-electron chi connectivity index (χ2n) is 8.60. The van der Waals surface area contributed by atoms with Gasteiger partial charge in [-0.15, -0.1) is 0 Å². The highest BCUT2D eigenvalue weighted by molar-refractivity contribution is 5.54. The molecule has 0 radical (unpaired) electrons. The Morgan fingerprint density at radius 2 is 1.24 bits per heavy atom. The third-order valence-electron chi connectivity index (χ3n) is 6.81. The van der Waals surface area contributed by atoms with E-state index < -0.39 is 0 Å². The Kier molecular flexibility index (Phi) is 6.04. The molecule has 1 aliphatic rings. The van der Waals surface area contributed by atoms with Crippen molar-refractivity contribution in [3.05, 3.63) is 101 Å². The Morgan fingerprint density at radius 3 is 1.83 bits per heavy atom. The molecule has 0 amide bonds. The molecule has 4 rings (SSSR count). The van der Waals surface area contributed by atoms with Gasteiger partial charge in [0.15, 0.2) is 0 Å². The molecule has 0 heterocycles. The molecule has 1 saturated carbocycles. The maximum Gasteiger partial charge on any atom is 0.119 e. The van der Waals surface area contributed by atoms with Crippen LogP contribution in [0.2, 0.25) is 0 Å². The molecule has 1 N–H and O–H groups in total. The van der Waals surface area contributed by atoms with Gasteiger partial charge in [-0.05, 0) is 47.1 Å². The van der Waals surface area contributed by atoms with Gasteiger partial charge in [-0.2, -0.15) is 0 Å². The summed E-state index contributed by atoms with van der Waals surface area (Å²) in [5.74, 6) is 1.49. The predicted octanol–water partition coefficient (Wildman–Crippen LogP) is 7.74. The maximum absolute atomic E-state index is 11.0. The molecule has 0 saturated heterocycles. The standard InChI is InChI=1S/C28H32O/c1-20(22-12-6-3-7-13-22)25-18-19-26(29)28(24-16-10-5-11-17-24)27(25)21(2)23-14-8-4-9-15-23/h3-4,6-9,12-15,18-21,24,29H,5,10-11,16-17H2,1-2H3. The van der Waals surface area contributed by atoms with E-state index in [4.69, 9.17) is 0 Å². The molecule has 3 aromatic carbocycles. The average Bonchev–Trinajstić information content (AvgIpc) is 2.79. The van der Waals surface area contributed by atoms with Gasteiger partial charge in [-0.1, -0.05) is 99.8 Å². The Balaban J connectivity index is 1.88. The Hall–Kier alpha value is -2.54. The van der Waals surface area contributed by atoms with Crippen LogP contribution in [-0.4, -0.2) is 5.11 Å². The van der Waals surface area contributed by atoms with Crippen LogP contribution in [-0.2, 0) is 0 Å². The quantitative estimate of drug-likeness (QED) is 0.477. The van der Waals surface area contributed by atoms with Gasteiger partial charge in [0.2, 0.25) is 0 Å². The minimum atomic E-state index is 0.251. The first-order valence-electron chi connectivity index (χ1n) is 11.1. The zero-order chi connectivity index (χ0) is 20.2. The first kappa shape index (κ1) is 19.8. The summed E-state index contributed by atoms with van der Waals surface area (Å²) in [5, 5.41) is 11.0. The second-order valence-corrected chi connectivity index (χ2v) is 8.60. The van der Waals surface area contributed by atoms with Crippen molar-refractivity contribution < 1.29 is 5.11 Å². The minimum Gasteiger partial charge on any atom is -0.508 e. The highest BCUT2D eigenvalue weighted by Crippen LogP contribution is 2.46. The van der Waals surface area contributed by atoms with Gasteiger partial charge in [0.1, 0.15) is 5.75 Å². The van der Waals surface area contributed by atoms with Crippen molar-refractivity contribution in [3.8, 4) is 5.75 Å². The summed E-state index contributed by atoms with van der Waals surface area (Å²) in [4.78, 5) is 0. The van der Waals surface area contributed by atoms with Gasteiger partial charge in [0, 0.05) is 17.4 Å². The Labute approximate surface area is 175 Å². The lowest BCUT2D eigenvalue weighted by Crippen LogP contribution is -2.14. The number of aromatic hydroxyl groups is 1. The highest BCUT2D eigenvalue weighted by Gasteiger charge is 2.28. The lowest BCUT2D eigenvalue weighted by atomic mass is 9.74. The monoisotopic (exact) mass is 384 g/mol. The molecule has 3 aromatic rings. The molecular formula is C28H32O. The normalized spacial score (nSPS) is 17.0. The Bertz CT molecular complexity index is 923. The van der Waals surface area contributed by atoms with Crippen LogP contribution < -0.4 is 0 Å². The fourth-order valence-electron chi connectivity index (χ4n) is 5.15.